The maximum Gasteiger partial charge on any atom is 0.144 e. The molecule has 3 atom stereocenters. The topological polar surface area (TPSA) is 53.6 Å². The molecular formula is C19H22N4S. The van der Waals surface area contributed by atoms with Crippen LogP contribution < -0.4 is 5.32 Å². The van der Waals surface area contributed by atoms with E-state index in [2.05, 4.69) is 47.3 Å². The highest BCUT2D eigenvalue weighted by molar-refractivity contribution is 7.98. The zero-order valence-corrected chi connectivity index (χ0v) is 14.9. The second-order valence-electron chi connectivity index (χ2n) is 6.66. The number of nitriles is 1. The number of nitrogens with zero attached hydrogens (tertiary/aromatic N) is 3. The number of unbranched alkanes of at least 4 members (excludes halogenated alkanes) is 1. The lowest BCUT2D eigenvalue weighted by Gasteiger charge is -2.32. The fourth-order valence-corrected chi connectivity index (χ4v) is 4.92. The molecule has 1 aromatic carbocycles. The number of hydrogen-bond donors (Lipinski definition) is 1. The Kier molecular flexibility index (Phi) is 4.01. The van der Waals surface area contributed by atoms with Gasteiger partial charge in [0.2, 0.25) is 0 Å². The molecule has 1 aromatic heterocycles. The number of hydrogen-bond acceptors (Lipinski definition) is 4. The third kappa shape index (κ3) is 2.16. The molecule has 1 aliphatic heterocycles. The molecule has 2 heterocycles. The summed E-state index contributed by atoms with van der Waals surface area (Å²) in [4.78, 5) is 0. The van der Waals surface area contributed by atoms with E-state index in [4.69, 9.17) is 5.10 Å². The maximum atomic E-state index is 9.54. The smallest absolute Gasteiger partial charge is 0.144 e. The van der Waals surface area contributed by atoms with Gasteiger partial charge in [-0.3, -0.25) is 0 Å². The molecule has 5 heteroatoms. The first-order chi connectivity index (χ1) is 11.8. The van der Waals surface area contributed by atoms with Crippen molar-refractivity contribution in [3.05, 3.63) is 41.0 Å². The van der Waals surface area contributed by atoms with Gasteiger partial charge in [-0.1, -0.05) is 44.0 Å². The van der Waals surface area contributed by atoms with E-state index in [1.54, 1.807) is 11.8 Å². The van der Waals surface area contributed by atoms with Crippen LogP contribution in [0.5, 0.6) is 0 Å². The van der Waals surface area contributed by atoms with Gasteiger partial charge in [0, 0.05) is 12.5 Å². The number of rotatable bonds is 4. The number of aromatic nitrogens is 2. The fourth-order valence-electron chi connectivity index (χ4n) is 4.40. The Morgan fingerprint density at radius 3 is 2.88 bits per heavy atom. The van der Waals surface area contributed by atoms with Crippen molar-refractivity contribution in [3.63, 3.8) is 0 Å². The molecule has 4 rings (SSSR count). The maximum absolute atomic E-state index is 9.54. The zero-order chi connectivity index (χ0) is 16.7. The highest BCUT2D eigenvalue weighted by Gasteiger charge is 2.45. The predicted octanol–water partition coefficient (Wildman–Crippen LogP) is 4.40. The van der Waals surface area contributed by atoms with Crippen LogP contribution in [0, 0.1) is 17.2 Å². The van der Waals surface area contributed by atoms with E-state index < -0.39 is 0 Å². The molecule has 24 heavy (non-hydrogen) atoms. The van der Waals surface area contributed by atoms with Crippen LogP contribution in [0.15, 0.2) is 29.3 Å². The summed E-state index contributed by atoms with van der Waals surface area (Å²) in [6.45, 7) is 3.18. The van der Waals surface area contributed by atoms with Crippen molar-refractivity contribution in [1.29, 1.82) is 5.26 Å². The van der Waals surface area contributed by atoms with Gasteiger partial charge < -0.3 is 5.32 Å². The minimum atomic E-state index is 0.257. The molecule has 124 valence electrons. The van der Waals surface area contributed by atoms with Crippen molar-refractivity contribution in [3.8, 4) is 6.07 Å². The summed E-state index contributed by atoms with van der Waals surface area (Å²) in [6.07, 6.45) is 5.70. The molecule has 2 aliphatic rings. The first-order valence-electron chi connectivity index (χ1n) is 8.69. The normalized spacial score (nSPS) is 23.8. The van der Waals surface area contributed by atoms with Crippen molar-refractivity contribution in [2.24, 2.45) is 5.92 Å². The van der Waals surface area contributed by atoms with Gasteiger partial charge in [0.25, 0.3) is 0 Å². The molecule has 0 saturated carbocycles. The van der Waals surface area contributed by atoms with E-state index in [-0.39, 0.29) is 6.04 Å². The van der Waals surface area contributed by atoms with Crippen molar-refractivity contribution in [1.82, 2.24) is 9.78 Å². The average molecular weight is 338 g/mol. The van der Waals surface area contributed by atoms with E-state index in [9.17, 15) is 5.26 Å². The van der Waals surface area contributed by atoms with Gasteiger partial charge in [-0.15, -0.1) is 11.8 Å². The van der Waals surface area contributed by atoms with Crippen LogP contribution >= 0.6 is 11.8 Å². The molecule has 2 aromatic rings. The Balaban J connectivity index is 1.83. The van der Waals surface area contributed by atoms with Crippen molar-refractivity contribution >= 4 is 17.6 Å². The van der Waals surface area contributed by atoms with Gasteiger partial charge in [0.05, 0.1) is 6.04 Å². The van der Waals surface area contributed by atoms with Crippen LogP contribution in [-0.2, 0) is 0 Å². The van der Waals surface area contributed by atoms with E-state index in [0.29, 0.717) is 17.4 Å². The van der Waals surface area contributed by atoms with Crippen LogP contribution in [0.4, 0.5) is 5.82 Å². The molecule has 0 spiro atoms. The van der Waals surface area contributed by atoms with E-state index in [1.807, 2.05) is 6.26 Å². The van der Waals surface area contributed by atoms with Gasteiger partial charge >= 0.3 is 0 Å². The van der Waals surface area contributed by atoms with E-state index >= 15 is 0 Å². The Morgan fingerprint density at radius 1 is 1.38 bits per heavy atom. The van der Waals surface area contributed by atoms with Crippen molar-refractivity contribution in [2.75, 3.05) is 18.1 Å². The second-order valence-corrected chi connectivity index (χ2v) is 7.45. The molecule has 0 radical (unpaired) electrons. The summed E-state index contributed by atoms with van der Waals surface area (Å²) in [5.74, 6) is 2.00. The van der Waals surface area contributed by atoms with Gasteiger partial charge in [0.15, 0.2) is 0 Å². The predicted molar refractivity (Wildman–Crippen MR) is 97.5 cm³/mol. The van der Waals surface area contributed by atoms with E-state index in [0.717, 1.165) is 17.4 Å². The Hall–Kier alpha value is -1.93. The summed E-state index contributed by atoms with van der Waals surface area (Å²) in [5, 5.41) is 18.7. The Morgan fingerprint density at radius 2 is 2.17 bits per heavy atom. The van der Waals surface area contributed by atoms with Crippen LogP contribution in [0.1, 0.15) is 54.8 Å². The number of anilines is 1. The second kappa shape index (κ2) is 6.18. The standard InChI is InChI=1S/C19H22N4S/c1-3-4-7-13-12-8-5-6-9-14(12)17-16(13)11-21-18-15(10-20)19(24-2)22-23(17)18/h5-6,8-9,13,16-17,21H,3-4,7,11H2,1-2H3. The number of benzene rings is 1. The summed E-state index contributed by atoms with van der Waals surface area (Å²) in [6, 6.07) is 11.4. The minimum absolute atomic E-state index is 0.257. The molecule has 0 saturated heterocycles. The van der Waals surface area contributed by atoms with Gasteiger partial charge in [-0.25, -0.2) is 4.68 Å². The highest BCUT2D eigenvalue weighted by atomic mass is 32.2. The molecule has 0 fully saturated rings. The lowest BCUT2D eigenvalue weighted by Crippen LogP contribution is -2.33. The number of thioether (sulfide) groups is 1. The monoisotopic (exact) mass is 338 g/mol. The molecule has 1 N–H and O–H groups in total. The van der Waals surface area contributed by atoms with Crippen molar-refractivity contribution < 1.29 is 0 Å². The molecule has 4 nitrogen and oxygen atoms in total. The summed E-state index contributed by atoms with van der Waals surface area (Å²) >= 11 is 1.55. The van der Waals surface area contributed by atoms with Crippen LogP contribution in [-0.4, -0.2) is 22.6 Å². The quantitative estimate of drug-likeness (QED) is 0.840. The third-order valence-electron chi connectivity index (χ3n) is 5.46. The lowest BCUT2D eigenvalue weighted by molar-refractivity contribution is 0.317. The number of nitrogens with one attached hydrogen (secondary N) is 1. The lowest BCUT2D eigenvalue weighted by atomic mass is 9.85. The number of fused-ring (bicyclic) bond motifs is 5. The molecule has 0 bridgehead atoms. The SMILES string of the molecule is CCCCC1c2ccccc2C2C1CNc1c(C#N)c(SC)nn12. The van der Waals surface area contributed by atoms with Crippen LogP contribution in [0.25, 0.3) is 0 Å². The minimum Gasteiger partial charge on any atom is -0.369 e. The summed E-state index contributed by atoms with van der Waals surface area (Å²) in [7, 11) is 0. The zero-order valence-electron chi connectivity index (χ0n) is 14.1. The van der Waals surface area contributed by atoms with Gasteiger partial charge in [-0.05, 0) is 29.7 Å². The average Bonchev–Trinajstić information content (AvgIpc) is 3.14. The third-order valence-corrected chi connectivity index (χ3v) is 6.13. The summed E-state index contributed by atoms with van der Waals surface area (Å²) in [5.41, 5.74) is 3.57. The van der Waals surface area contributed by atoms with Crippen LogP contribution in [0.3, 0.4) is 0 Å². The first-order valence-corrected chi connectivity index (χ1v) is 9.91. The largest absolute Gasteiger partial charge is 0.369 e. The van der Waals surface area contributed by atoms with E-state index in [1.165, 1.54) is 30.4 Å². The first kappa shape index (κ1) is 15.6. The Bertz CT molecular complexity index is 804. The summed E-state index contributed by atoms with van der Waals surface area (Å²) < 4.78 is 2.09. The fraction of sp³-hybridized carbons (Fsp3) is 0.474. The van der Waals surface area contributed by atoms with Crippen LogP contribution in [0.2, 0.25) is 0 Å². The molecular weight excluding hydrogens is 316 g/mol. The molecule has 1 aliphatic carbocycles. The molecule has 0 amide bonds. The van der Waals surface area contributed by atoms with Gasteiger partial charge in [0.1, 0.15) is 22.5 Å². The Labute approximate surface area is 147 Å². The highest BCUT2D eigenvalue weighted by Crippen LogP contribution is 2.52. The van der Waals surface area contributed by atoms with Crippen molar-refractivity contribution in [2.45, 2.75) is 43.2 Å². The molecule has 3 unspecified atom stereocenters. The van der Waals surface area contributed by atoms with Gasteiger partial charge in [-0.2, -0.15) is 10.4 Å².